The largest absolute Gasteiger partial charge is 0.497 e. The summed E-state index contributed by atoms with van der Waals surface area (Å²) in [5, 5.41) is 9.15. The van der Waals surface area contributed by atoms with E-state index < -0.39 is 11.8 Å². The molecule has 3 amide bonds. The van der Waals surface area contributed by atoms with E-state index in [0.717, 1.165) is 16.8 Å². The van der Waals surface area contributed by atoms with Crippen LogP contribution in [-0.4, -0.2) is 37.7 Å². The van der Waals surface area contributed by atoms with Crippen LogP contribution in [0.4, 0.5) is 11.4 Å². The Morgan fingerprint density at radius 3 is 2.23 bits per heavy atom. The van der Waals surface area contributed by atoms with Gasteiger partial charge < -0.3 is 20.1 Å². The minimum Gasteiger partial charge on any atom is -0.497 e. The second-order valence-electron chi connectivity index (χ2n) is 7.52. The molecule has 9 heteroatoms. The van der Waals surface area contributed by atoms with Crippen molar-refractivity contribution in [2.75, 3.05) is 24.4 Å². The molecule has 3 aromatic rings. The zero-order valence-electron chi connectivity index (χ0n) is 19.6. The molecule has 0 aliphatic rings. The van der Waals surface area contributed by atoms with Crippen molar-refractivity contribution in [2.45, 2.75) is 13.8 Å². The Labute approximate surface area is 203 Å². The maximum atomic E-state index is 12.4. The Bertz CT molecular complexity index is 1220. The molecule has 3 aromatic carbocycles. The van der Waals surface area contributed by atoms with Crippen LogP contribution in [0.1, 0.15) is 16.7 Å². The van der Waals surface area contributed by atoms with Gasteiger partial charge in [-0.25, -0.2) is 5.43 Å². The number of ether oxygens (including phenoxy) is 2. The second kappa shape index (κ2) is 12.0. The number of hydrogen-bond donors (Lipinski definition) is 3. The lowest BCUT2D eigenvalue weighted by Gasteiger charge is -2.13. The molecule has 0 bridgehead atoms. The summed E-state index contributed by atoms with van der Waals surface area (Å²) in [5.41, 5.74) is 5.79. The van der Waals surface area contributed by atoms with Crippen molar-refractivity contribution in [3.8, 4) is 11.5 Å². The topological polar surface area (TPSA) is 118 Å². The second-order valence-corrected chi connectivity index (χ2v) is 7.52. The molecular formula is C26H26N4O5. The third-order valence-corrected chi connectivity index (χ3v) is 4.95. The minimum absolute atomic E-state index is 0.213. The monoisotopic (exact) mass is 474 g/mol. The molecule has 35 heavy (non-hydrogen) atoms. The summed E-state index contributed by atoms with van der Waals surface area (Å²) in [6, 6.07) is 19.2. The van der Waals surface area contributed by atoms with E-state index in [1.165, 1.54) is 13.3 Å². The van der Waals surface area contributed by atoms with Gasteiger partial charge in [0.05, 0.1) is 13.3 Å². The summed E-state index contributed by atoms with van der Waals surface area (Å²) in [6.45, 7) is 3.62. The van der Waals surface area contributed by atoms with Crippen LogP contribution >= 0.6 is 0 Å². The van der Waals surface area contributed by atoms with Crippen LogP contribution in [0.2, 0.25) is 0 Å². The summed E-state index contributed by atoms with van der Waals surface area (Å²) in [7, 11) is 1.53. The van der Waals surface area contributed by atoms with Gasteiger partial charge in [-0.05, 0) is 61.4 Å². The molecule has 0 atom stereocenters. The number of carbonyl (C=O) groups excluding carboxylic acids is 3. The molecule has 0 spiro atoms. The molecule has 180 valence electrons. The number of nitrogens with zero attached hydrogens (tertiary/aromatic N) is 1. The maximum Gasteiger partial charge on any atom is 0.329 e. The number of amides is 3. The standard InChI is InChI=1S/C26H26N4O5/c1-17-7-6-8-18(2)24(17)29-23(31)16-35-22-10-5-4-9-19(22)15-27-30-26(33)25(32)28-20-11-13-21(34-3)14-12-20/h4-15H,16H2,1-3H3,(H,28,32)(H,29,31)(H,30,33)/b27-15-. The lowest BCUT2D eigenvalue weighted by Crippen LogP contribution is -2.32. The zero-order chi connectivity index (χ0) is 25.2. The van der Waals surface area contributed by atoms with Crippen LogP contribution in [0.3, 0.4) is 0 Å². The predicted molar refractivity (Wildman–Crippen MR) is 134 cm³/mol. The van der Waals surface area contributed by atoms with Crippen LogP contribution < -0.4 is 25.5 Å². The van der Waals surface area contributed by atoms with Crippen LogP contribution in [-0.2, 0) is 14.4 Å². The molecule has 0 radical (unpaired) electrons. The Morgan fingerprint density at radius 2 is 1.54 bits per heavy atom. The minimum atomic E-state index is -0.941. The highest BCUT2D eigenvalue weighted by atomic mass is 16.5. The lowest BCUT2D eigenvalue weighted by atomic mass is 10.1. The van der Waals surface area contributed by atoms with E-state index in [0.29, 0.717) is 22.7 Å². The molecule has 9 nitrogen and oxygen atoms in total. The number of benzene rings is 3. The fourth-order valence-electron chi connectivity index (χ4n) is 3.12. The highest BCUT2D eigenvalue weighted by molar-refractivity contribution is 6.39. The fraction of sp³-hybridized carbons (Fsp3) is 0.154. The quantitative estimate of drug-likeness (QED) is 0.263. The van der Waals surface area contributed by atoms with Crippen LogP contribution in [0.25, 0.3) is 0 Å². The fourth-order valence-corrected chi connectivity index (χ4v) is 3.12. The lowest BCUT2D eigenvalue weighted by molar-refractivity contribution is -0.136. The van der Waals surface area contributed by atoms with E-state index in [2.05, 4.69) is 21.2 Å². The zero-order valence-corrected chi connectivity index (χ0v) is 19.6. The number of anilines is 2. The molecule has 0 aliphatic carbocycles. The first-order valence-corrected chi connectivity index (χ1v) is 10.7. The highest BCUT2D eigenvalue weighted by Gasteiger charge is 2.13. The Balaban J connectivity index is 1.54. The number of aryl methyl sites for hydroxylation is 2. The van der Waals surface area contributed by atoms with Crippen LogP contribution in [0.5, 0.6) is 11.5 Å². The van der Waals surface area contributed by atoms with Gasteiger partial charge in [0.25, 0.3) is 5.91 Å². The third kappa shape index (κ3) is 7.16. The number of rotatable bonds is 8. The van der Waals surface area contributed by atoms with Gasteiger partial charge in [-0.2, -0.15) is 5.10 Å². The van der Waals surface area contributed by atoms with Gasteiger partial charge in [0.2, 0.25) is 0 Å². The van der Waals surface area contributed by atoms with Gasteiger partial charge >= 0.3 is 11.8 Å². The van der Waals surface area contributed by atoms with Crippen molar-refractivity contribution in [1.82, 2.24) is 5.43 Å². The number of hydrazone groups is 1. The summed E-state index contributed by atoms with van der Waals surface area (Å²) in [4.78, 5) is 36.5. The molecule has 0 saturated carbocycles. The van der Waals surface area contributed by atoms with Gasteiger partial charge in [0, 0.05) is 16.9 Å². The summed E-state index contributed by atoms with van der Waals surface area (Å²) >= 11 is 0. The highest BCUT2D eigenvalue weighted by Crippen LogP contribution is 2.20. The normalized spacial score (nSPS) is 10.5. The van der Waals surface area contributed by atoms with Gasteiger partial charge in [-0.3, -0.25) is 14.4 Å². The van der Waals surface area contributed by atoms with Crippen molar-refractivity contribution in [1.29, 1.82) is 0 Å². The summed E-state index contributed by atoms with van der Waals surface area (Å²) < 4.78 is 10.7. The van der Waals surface area contributed by atoms with E-state index in [1.54, 1.807) is 48.5 Å². The van der Waals surface area contributed by atoms with Crippen LogP contribution in [0, 0.1) is 13.8 Å². The predicted octanol–water partition coefficient (Wildman–Crippen LogP) is 3.42. The Hall–Kier alpha value is -4.66. The molecule has 3 rings (SSSR count). The average Bonchev–Trinajstić information content (AvgIpc) is 2.86. The van der Waals surface area contributed by atoms with Gasteiger partial charge in [-0.15, -0.1) is 0 Å². The molecule has 0 aliphatic heterocycles. The Morgan fingerprint density at radius 1 is 0.857 bits per heavy atom. The van der Waals surface area contributed by atoms with Gasteiger partial charge in [0.15, 0.2) is 6.61 Å². The molecule has 0 saturated heterocycles. The first-order valence-electron chi connectivity index (χ1n) is 10.7. The van der Waals surface area contributed by atoms with Crippen molar-refractivity contribution in [3.05, 3.63) is 83.4 Å². The van der Waals surface area contributed by atoms with Gasteiger partial charge in [0.1, 0.15) is 11.5 Å². The number of hydrogen-bond acceptors (Lipinski definition) is 6. The number of nitrogens with one attached hydrogen (secondary N) is 3. The molecule has 0 heterocycles. The van der Waals surface area contributed by atoms with E-state index in [4.69, 9.17) is 9.47 Å². The number of carbonyl (C=O) groups is 3. The molecule has 0 unspecified atom stereocenters. The van der Waals surface area contributed by atoms with E-state index in [9.17, 15) is 14.4 Å². The third-order valence-electron chi connectivity index (χ3n) is 4.95. The first kappa shape index (κ1) is 25.0. The maximum absolute atomic E-state index is 12.4. The molecule has 3 N–H and O–H groups in total. The van der Waals surface area contributed by atoms with Crippen molar-refractivity contribution in [3.63, 3.8) is 0 Å². The Kier molecular flexibility index (Phi) is 8.55. The SMILES string of the molecule is COc1ccc(NC(=O)C(=O)N/N=C\c2ccccc2OCC(=O)Nc2c(C)cccc2C)cc1. The van der Waals surface area contributed by atoms with E-state index in [-0.39, 0.29) is 12.5 Å². The summed E-state index contributed by atoms with van der Waals surface area (Å²) in [6.07, 6.45) is 1.33. The molecular weight excluding hydrogens is 448 g/mol. The molecule has 0 fully saturated rings. The van der Waals surface area contributed by atoms with Crippen LogP contribution in [0.15, 0.2) is 71.8 Å². The van der Waals surface area contributed by atoms with E-state index in [1.807, 2.05) is 32.0 Å². The average molecular weight is 475 g/mol. The first-order chi connectivity index (χ1) is 16.9. The van der Waals surface area contributed by atoms with E-state index >= 15 is 0 Å². The smallest absolute Gasteiger partial charge is 0.329 e. The van der Waals surface area contributed by atoms with Crippen molar-refractivity contribution >= 4 is 35.3 Å². The summed E-state index contributed by atoms with van der Waals surface area (Å²) in [5.74, 6) is -1.10. The molecule has 0 aromatic heterocycles. The van der Waals surface area contributed by atoms with Crippen molar-refractivity contribution < 1.29 is 23.9 Å². The number of para-hydroxylation sites is 2. The van der Waals surface area contributed by atoms with Gasteiger partial charge in [-0.1, -0.05) is 30.3 Å². The number of methoxy groups -OCH3 is 1. The van der Waals surface area contributed by atoms with Crippen molar-refractivity contribution in [2.24, 2.45) is 5.10 Å².